The van der Waals surface area contributed by atoms with E-state index in [2.05, 4.69) is 15.6 Å². The van der Waals surface area contributed by atoms with Crippen molar-refractivity contribution in [2.45, 2.75) is 6.42 Å². The fraction of sp³-hybridized carbons (Fsp3) is 0.111. The zero-order valence-electron chi connectivity index (χ0n) is 14.5. The van der Waals surface area contributed by atoms with E-state index in [4.69, 9.17) is 17.3 Å². The minimum atomic E-state index is -0.509. The second-order valence-corrected chi connectivity index (χ2v) is 6.91. The van der Waals surface area contributed by atoms with Crippen LogP contribution in [0, 0.1) is 0 Å². The molecule has 0 radical (unpaired) electrons. The molecule has 3 amide bonds. The van der Waals surface area contributed by atoms with Crippen LogP contribution in [-0.2, 0) is 9.59 Å². The van der Waals surface area contributed by atoms with Gasteiger partial charge in [-0.05, 0) is 18.2 Å². The first-order valence-electron chi connectivity index (χ1n) is 8.21. The number of carbonyl (C=O) groups is 3. The Morgan fingerprint density at radius 2 is 2.07 bits per heavy atom. The zero-order valence-corrected chi connectivity index (χ0v) is 16.1. The van der Waals surface area contributed by atoms with E-state index in [0.29, 0.717) is 16.5 Å². The molecule has 3 rings (SSSR count). The zero-order chi connectivity index (χ0) is 20.1. The van der Waals surface area contributed by atoms with Crippen molar-refractivity contribution in [2.24, 2.45) is 5.73 Å². The summed E-state index contributed by atoms with van der Waals surface area (Å²) in [6.07, 6.45) is 4.71. The van der Waals surface area contributed by atoms with Crippen molar-refractivity contribution in [3.8, 4) is 0 Å². The molecule has 0 atom stereocenters. The van der Waals surface area contributed by atoms with Crippen LogP contribution >= 0.6 is 22.9 Å². The molecule has 2 aromatic heterocycles. The average molecular weight is 418 g/mol. The lowest BCUT2D eigenvalue weighted by Crippen LogP contribution is -2.28. The van der Waals surface area contributed by atoms with E-state index >= 15 is 0 Å². The molecule has 28 heavy (non-hydrogen) atoms. The lowest BCUT2D eigenvalue weighted by molar-refractivity contribution is -0.118. The Bertz CT molecular complexity index is 1070. The molecule has 0 spiro atoms. The Labute approximate surface area is 169 Å². The Hall–Kier alpha value is -3.17. The summed E-state index contributed by atoms with van der Waals surface area (Å²) in [5, 5.41) is 7.41. The lowest BCUT2D eigenvalue weighted by Gasteiger charge is -2.10. The molecule has 8 nitrogen and oxygen atoms in total. The number of nitrogens with zero attached hydrogens (tertiary/aromatic N) is 2. The summed E-state index contributed by atoms with van der Waals surface area (Å²) in [5.41, 5.74) is 6.26. The number of primary amides is 1. The van der Waals surface area contributed by atoms with Crippen LogP contribution in [0.15, 0.2) is 41.9 Å². The monoisotopic (exact) mass is 417 g/mol. The summed E-state index contributed by atoms with van der Waals surface area (Å²) < 4.78 is 1.77. The van der Waals surface area contributed by atoms with Crippen LogP contribution in [-0.4, -0.2) is 33.7 Å². The van der Waals surface area contributed by atoms with Crippen molar-refractivity contribution in [1.82, 2.24) is 14.7 Å². The smallest absolute Gasteiger partial charge is 0.253 e. The molecule has 1 aromatic carbocycles. The van der Waals surface area contributed by atoms with Crippen LogP contribution in [0.3, 0.4) is 0 Å². The summed E-state index contributed by atoms with van der Waals surface area (Å²) in [6, 6.07) is 6.55. The van der Waals surface area contributed by atoms with E-state index in [-0.39, 0.29) is 18.5 Å². The van der Waals surface area contributed by atoms with E-state index in [1.807, 2.05) is 11.6 Å². The van der Waals surface area contributed by atoms with E-state index in [9.17, 15) is 14.4 Å². The van der Waals surface area contributed by atoms with Crippen molar-refractivity contribution in [2.75, 3.05) is 11.9 Å². The van der Waals surface area contributed by atoms with Crippen molar-refractivity contribution in [1.29, 1.82) is 0 Å². The molecule has 0 saturated heterocycles. The van der Waals surface area contributed by atoms with Gasteiger partial charge >= 0.3 is 0 Å². The summed E-state index contributed by atoms with van der Waals surface area (Å²) in [6.45, 7) is 0.118. The molecule has 3 aromatic rings. The number of thiazole rings is 1. The quantitative estimate of drug-likeness (QED) is 0.511. The van der Waals surface area contributed by atoms with Gasteiger partial charge < -0.3 is 16.4 Å². The highest BCUT2D eigenvalue weighted by molar-refractivity contribution is 7.15. The number of hydrogen-bond donors (Lipinski definition) is 3. The minimum Gasteiger partial charge on any atom is -0.370 e. The van der Waals surface area contributed by atoms with Gasteiger partial charge in [-0.25, -0.2) is 4.98 Å². The number of hydrogen-bond acceptors (Lipinski definition) is 5. The van der Waals surface area contributed by atoms with E-state index < -0.39 is 17.7 Å². The summed E-state index contributed by atoms with van der Waals surface area (Å²) in [7, 11) is 0. The fourth-order valence-corrected chi connectivity index (χ4v) is 3.44. The van der Waals surface area contributed by atoms with Crippen molar-refractivity contribution in [3.63, 3.8) is 0 Å². The number of fused-ring (bicyclic) bond motifs is 1. The summed E-state index contributed by atoms with van der Waals surface area (Å²) >= 11 is 7.53. The first kappa shape index (κ1) is 19.6. The first-order valence-corrected chi connectivity index (χ1v) is 9.47. The molecule has 0 aliphatic carbocycles. The molecular formula is C18H16ClN5O3S. The minimum absolute atomic E-state index is 0.0339. The predicted molar refractivity (Wildman–Crippen MR) is 108 cm³/mol. The highest BCUT2D eigenvalue weighted by Gasteiger charge is 2.13. The van der Waals surface area contributed by atoms with Crippen molar-refractivity contribution in [3.05, 3.63) is 58.3 Å². The molecule has 10 heteroatoms. The standard InChI is InChI=1S/C18H16ClN5O3S/c19-16-13(24-9-10-28-18(24)23-16)5-6-15(26)22-12-4-2-1-3-11(12)17(27)21-8-7-14(20)25/h1-6,9-10H,7-8H2,(H2,20,25)(H,21,27)(H,22,26)/b6-5+. The molecule has 144 valence electrons. The number of amides is 3. The number of imidazole rings is 1. The van der Waals surface area contributed by atoms with Crippen LogP contribution in [0.4, 0.5) is 5.69 Å². The van der Waals surface area contributed by atoms with Gasteiger partial charge in [-0.2, -0.15) is 0 Å². The molecule has 0 unspecified atom stereocenters. The number of halogens is 1. The summed E-state index contributed by atoms with van der Waals surface area (Å²) in [5.74, 6) is -1.36. The molecule has 0 saturated carbocycles. The fourth-order valence-electron chi connectivity index (χ4n) is 2.44. The SMILES string of the molecule is NC(=O)CCNC(=O)c1ccccc1NC(=O)/C=C/c1c(Cl)nc2sccn12. The molecule has 2 heterocycles. The number of nitrogens with one attached hydrogen (secondary N) is 2. The lowest BCUT2D eigenvalue weighted by atomic mass is 10.1. The van der Waals surface area contributed by atoms with Gasteiger partial charge in [0.15, 0.2) is 10.1 Å². The number of anilines is 1. The molecule has 0 bridgehead atoms. The van der Waals surface area contributed by atoms with Gasteiger partial charge in [-0.1, -0.05) is 23.7 Å². The van der Waals surface area contributed by atoms with Crippen LogP contribution in [0.2, 0.25) is 5.15 Å². The summed E-state index contributed by atoms with van der Waals surface area (Å²) in [4.78, 5) is 40.3. The number of rotatable bonds is 7. The van der Waals surface area contributed by atoms with E-state index in [1.54, 1.807) is 34.7 Å². The van der Waals surface area contributed by atoms with Gasteiger partial charge in [0.2, 0.25) is 11.8 Å². The van der Waals surface area contributed by atoms with E-state index in [1.165, 1.54) is 17.4 Å². The van der Waals surface area contributed by atoms with Gasteiger partial charge in [0.05, 0.1) is 16.9 Å². The predicted octanol–water partition coefficient (Wildman–Crippen LogP) is 2.31. The van der Waals surface area contributed by atoms with Crippen LogP contribution < -0.4 is 16.4 Å². The normalized spacial score (nSPS) is 11.0. The maximum atomic E-state index is 12.3. The third-order valence-electron chi connectivity index (χ3n) is 3.73. The Morgan fingerprint density at radius 3 is 2.86 bits per heavy atom. The van der Waals surface area contributed by atoms with Gasteiger partial charge in [0.1, 0.15) is 0 Å². The third kappa shape index (κ3) is 4.56. The Balaban J connectivity index is 1.70. The topological polar surface area (TPSA) is 119 Å². The number of benzene rings is 1. The molecule has 4 N–H and O–H groups in total. The average Bonchev–Trinajstić information content (AvgIpc) is 3.20. The van der Waals surface area contributed by atoms with Gasteiger partial charge in [-0.3, -0.25) is 18.8 Å². The largest absolute Gasteiger partial charge is 0.370 e. The highest BCUT2D eigenvalue weighted by atomic mass is 35.5. The Morgan fingerprint density at radius 1 is 1.29 bits per heavy atom. The molecule has 0 fully saturated rings. The van der Waals surface area contributed by atoms with Gasteiger partial charge in [0.25, 0.3) is 5.91 Å². The highest BCUT2D eigenvalue weighted by Crippen LogP contribution is 2.22. The number of nitrogens with two attached hydrogens (primary N) is 1. The van der Waals surface area contributed by atoms with E-state index in [0.717, 1.165) is 4.96 Å². The number of para-hydroxylation sites is 1. The van der Waals surface area contributed by atoms with Crippen molar-refractivity contribution >= 4 is 57.4 Å². The van der Waals surface area contributed by atoms with Crippen LogP contribution in [0.25, 0.3) is 11.0 Å². The molecule has 0 aliphatic heterocycles. The molecular weight excluding hydrogens is 402 g/mol. The second-order valence-electron chi connectivity index (χ2n) is 5.68. The Kier molecular flexibility index (Phi) is 6.07. The number of carbonyl (C=O) groups excluding carboxylic acids is 3. The molecule has 0 aliphatic rings. The van der Waals surface area contributed by atoms with Gasteiger partial charge in [-0.15, -0.1) is 11.3 Å². The van der Waals surface area contributed by atoms with Crippen LogP contribution in [0.5, 0.6) is 0 Å². The van der Waals surface area contributed by atoms with Crippen molar-refractivity contribution < 1.29 is 14.4 Å². The van der Waals surface area contributed by atoms with Crippen LogP contribution in [0.1, 0.15) is 22.5 Å². The van der Waals surface area contributed by atoms with Gasteiger partial charge in [0, 0.05) is 30.6 Å². The maximum Gasteiger partial charge on any atom is 0.253 e. The first-order chi connectivity index (χ1) is 13.5. The second kappa shape index (κ2) is 8.68. The maximum absolute atomic E-state index is 12.3. The third-order valence-corrected chi connectivity index (χ3v) is 4.77. The number of aromatic nitrogens is 2.